The molecule has 3 aromatic carbocycles. The van der Waals surface area contributed by atoms with Gasteiger partial charge in [-0.3, -0.25) is 4.79 Å². The third kappa shape index (κ3) is 7.96. The zero-order chi connectivity index (χ0) is 25.8. The molecule has 3 rings (SSSR count). The normalized spacial score (nSPS) is 11.4. The van der Waals surface area contributed by atoms with Gasteiger partial charge in [0.15, 0.2) is 0 Å². The fourth-order valence-corrected chi connectivity index (χ4v) is 3.76. The Kier molecular flexibility index (Phi) is 10.0. The van der Waals surface area contributed by atoms with Gasteiger partial charge in [-0.05, 0) is 58.2 Å². The van der Waals surface area contributed by atoms with Crippen LogP contribution < -0.4 is 15.5 Å². The molecule has 0 radical (unpaired) electrons. The summed E-state index contributed by atoms with van der Waals surface area (Å²) in [7, 11) is 0. The Hall–Kier alpha value is -4.16. The molecule has 8 nitrogen and oxygen atoms in total. The summed E-state index contributed by atoms with van der Waals surface area (Å²) in [5.74, 6) is 0.129. The van der Waals surface area contributed by atoms with E-state index in [1.54, 1.807) is 31.2 Å². The number of nitrogens with one attached hydrogen (secondary N) is 2. The van der Waals surface area contributed by atoms with E-state index in [9.17, 15) is 14.9 Å². The van der Waals surface area contributed by atoms with Crippen LogP contribution in [0.2, 0.25) is 0 Å². The van der Waals surface area contributed by atoms with E-state index in [0.717, 1.165) is 11.1 Å². The predicted octanol–water partition coefficient (Wildman–Crippen LogP) is 4.71. The molecular weight excluding hydrogens is 524 g/mol. The average molecular weight is 549 g/mol. The molecule has 36 heavy (non-hydrogen) atoms. The van der Waals surface area contributed by atoms with Gasteiger partial charge >= 0.3 is 6.09 Å². The second-order valence-electron chi connectivity index (χ2n) is 7.59. The average Bonchev–Trinajstić information content (AvgIpc) is 2.88. The molecule has 0 bridgehead atoms. The van der Waals surface area contributed by atoms with E-state index in [4.69, 9.17) is 9.47 Å². The monoisotopic (exact) mass is 548 g/mol. The van der Waals surface area contributed by atoms with Gasteiger partial charge in [0.1, 0.15) is 18.4 Å². The lowest BCUT2D eigenvalue weighted by Crippen LogP contribution is -2.47. The summed E-state index contributed by atoms with van der Waals surface area (Å²) in [6, 6.07) is 23.2. The molecule has 0 aliphatic carbocycles. The van der Waals surface area contributed by atoms with Crippen LogP contribution in [0.3, 0.4) is 0 Å². The quantitative estimate of drug-likeness (QED) is 0.281. The maximum atomic E-state index is 12.7. The number of amides is 2. The number of nitriles is 1. The molecule has 0 fully saturated rings. The molecular formula is C27H25BrN4O4. The Labute approximate surface area is 218 Å². The minimum absolute atomic E-state index is 0.198. The van der Waals surface area contributed by atoms with Crippen LogP contribution in [0, 0.1) is 11.3 Å². The summed E-state index contributed by atoms with van der Waals surface area (Å²) in [4.78, 5) is 24.6. The first-order valence-corrected chi connectivity index (χ1v) is 12.0. The van der Waals surface area contributed by atoms with Crippen LogP contribution in [0.1, 0.15) is 29.2 Å². The molecule has 0 unspecified atom stereocenters. The zero-order valence-electron chi connectivity index (χ0n) is 19.6. The number of benzene rings is 3. The summed E-state index contributed by atoms with van der Waals surface area (Å²) >= 11 is 3.48. The number of carbonyl (C=O) groups excluding carboxylic acids is 2. The Morgan fingerprint density at radius 2 is 1.86 bits per heavy atom. The van der Waals surface area contributed by atoms with Crippen molar-refractivity contribution in [2.75, 3.05) is 6.61 Å². The molecule has 184 valence electrons. The van der Waals surface area contributed by atoms with Crippen molar-refractivity contribution in [3.05, 3.63) is 99.5 Å². The van der Waals surface area contributed by atoms with Gasteiger partial charge in [0, 0.05) is 12.0 Å². The molecule has 0 aliphatic rings. The highest BCUT2D eigenvalue weighted by molar-refractivity contribution is 9.10. The Morgan fingerprint density at radius 3 is 2.58 bits per heavy atom. The van der Waals surface area contributed by atoms with Crippen molar-refractivity contribution in [1.29, 1.82) is 5.26 Å². The summed E-state index contributed by atoms with van der Waals surface area (Å²) in [5.41, 5.74) is 5.43. The third-order valence-electron chi connectivity index (χ3n) is 5.03. The first-order valence-electron chi connectivity index (χ1n) is 11.2. The maximum Gasteiger partial charge on any atom is 0.407 e. The van der Waals surface area contributed by atoms with Crippen molar-refractivity contribution >= 4 is 34.1 Å². The molecule has 0 saturated heterocycles. The maximum absolute atomic E-state index is 12.7. The predicted molar refractivity (Wildman–Crippen MR) is 139 cm³/mol. The molecule has 2 N–H and O–H groups in total. The molecule has 1 atom stereocenters. The number of nitrogens with zero attached hydrogens (tertiary/aromatic N) is 2. The summed E-state index contributed by atoms with van der Waals surface area (Å²) in [6.45, 7) is 2.14. The highest BCUT2D eigenvalue weighted by Gasteiger charge is 2.21. The number of rotatable bonds is 10. The van der Waals surface area contributed by atoms with Crippen LogP contribution in [0.25, 0.3) is 0 Å². The Morgan fingerprint density at radius 1 is 1.11 bits per heavy atom. The Bertz CT molecular complexity index is 1260. The molecule has 0 heterocycles. The second kappa shape index (κ2) is 13.7. The number of carbonyl (C=O) groups is 2. The number of hydrogen-bond donors (Lipinski definition) is 2. The van der Waals surface area contributed by atoms with Crippen LogP contribution in [0.5, 0.6) is 5.75 Å². The van der Waals surface area contributed by atoms with Crippen LogP contribution in [0.15, 0.2) is 82.4 Å². The van der Waals surface area contributed by atoms with E-state index >= 15 is 0 Å². The highest BCUT2D eigenvalue weighted by Crippen LogP contribution is 2.26. The van der Waals surface area contributed by atoms with E-state index in [0.29, 0.717) is 21.3 Å². The summed E-state index contributed by atoms with van der Waals surface area (Å²) < 4.78 is 11.5. The smallest absolute Gasteiger partial charge is 0.407 e. The lowest BCUT2D eigenvalue weighted by atomic mass is 10.1. The molecule has 0 spiro atoms. The fourth-order valence-electron chi connectivity index (χ4n) is 3.25. The zero-order valence-corrected chi connectivity index (χ0v) is 21.2. The number of hydrazone groups is 1. The van der Waals surface area contributed by atoms with Crippen LogP contribution in [-0.2, 0) is 22.6 Å². The van der Waals surface area contributed by atoms with Gasteiger partial charge in [-0.2, -0.15) is 10.4 Å². The number of ether oxygens (including phenoxy) is 2. The topological polar surface area (TPSA) is 113 Å². The van der Waals surface area contributed by atoms with Crippen molar-refractivity contribution in [3.63, 3.8) is 0 Å². The molecule has 0 aromatic heterocycles. The summed E-state index contributed by atoms with van der Waals surface area (Å²) in [6.07, 6.45) is 1.10. The lowest BCUT2D eigenvalue weighted by Gasteiger charge is -2.16. The van der Waals surface area contributed by atoms with Gasteiger partial charge in [-0.1, -0.05) is 48.5 Å². The fraction of sp³-hybridized carbons (Fsp3) is 0.185. The van der Waals surface area contributed by atoms with Crippen molar-refractivity contribution in [2.24, 2.45) is 5.10 Å². The molecule has 3 aromatic rings. The van der Waals surface area contributed by atoms with Gasteiger partial charge in [0.25, 0.3) is 5.91 Å². The first-order chi connectivity index (χ1) is 17.5. The van der Waals surface area contributed by atoms with Crippen molar-refractivity contribution < 1.29 is 19.1 Å². The van der Waals surface area contributed by atoms with Crippen molar-refractivity contribution in [1.82, 2.24) is 10.7 Å². The molecule has 0 saturated carbocycles. The van der Waals surface area contributed by atoms with Crippen molar-refractivity contribution in [3.8, 4) is 11.8 Å². The van der Waals surface area contributed by atoms with Gasteiger partial charge in [-0.25, -0.2) is 10.2 Å². The van der Waals surface area contributed by atoms with E-state index in [2.05, 4.69) is 37.8 Å². The molecule has 9 heteroatoms. The molecule has 2 amide bonds. The van der Waals surface area contributed by atoms with E-state index in [1.807, 2.05) is 48.5 Å². The number of alkyl carbamates (subject to hydrolysis) is 1. The number of halogens is 1. The van der Waals surface area contributed by atoms with E-state index in [1.165, 1.54) is 6.21 Å². The van der Waals surface area contributed by atoms with Crippen LogP contribution in [-0.4, -0.2) is 30.9 Å². The summed E-state index contributed by atoms with van der Waals surface area (Å²) in [5, 5.41) is 15.8. The van der Waals surface area contributed by atoms with Gasteiger partial charge in [-0.15, -0.1) is 0 Å². The second-order valence-corrected chi connectivity index (χ2v) is 8.44. The first kappa shape index (κ1) is 26.4. The van der Waals surface area contributed by atoms with Crippen LogP contribution >= 0.6 is 15.9 Å². The standard InChI is InChI=1S/C27H25BrN4O4/c1-2-35-27(34)31-24(15-19-8-4-3-5-9-19)26(33)32-30-17-20-12-13-25(23(28)14-20)36-18-22-11-7-6-10-21(22)16-29/h3-14,17,24H,2,15,18H2,1H3,(H,31,34)(H,32,33)/b30-17-/t24-/m0/s1. The van der Waals surface area contributed by atoms with Crippen molar-refractivity contribution in [2.45, 2.75) is 26.0 Å². The van der Waals surface area contributed by atoms with Crippen LogP contribution in [0.4, 0.5) is 4.79 Å². The number of hydrogen-bond acceptors (Lipinski definition) is 6. The minimum Gasteiger partial charge on any atom is -0.488 e. The Balaban J connectivity index is 1.61. The van der Waals surface area contributed by atoms with E-state index in [-0.39, 0.29) is 19.6 Å². The van der Waals surface area contributed by atoms with Gasteiger partial charge in [0.05, 0.1) is 28.9 Å². The highest BCUT2D eigenvalue weighted by atomic mass is 79.9. The largest absolute Gasteiger partial charge is 0.488 e. The van der Waals surface area contributed by atoms with Gasteiger partial charge in [0.2, 0.25) is 0 Å². The molecule has 0 aliphatic heterocycles. The van der Waals surface area contributed by atoms with Gasteiger partial charge < -0.3 is 14.8 Å². The third-order valence-corrected chi connectivity index (χ3v) is 5.65. The minimum atomic E-state index is -0.859. The lowest BCUT2D eigenvalue weighted by molar-refractivity contribution is -0.123. The van der Waals surface area contributed by atoms with E-state index < -0.39 is 18.0 Å². The SMILES string of the molecule is CCOC(=O)N[C@@H](Cc1ccccc1)C(=O)N/N=C\c1ccc(OCc2ccccc2C#N)c(Br)c1.